The van der Waals surface area contributed by atoms with E-state index in [9.17, 15) is 0 Å². The molecular formula is C52H30N6. The van der Waals surface area contributed by atoms with Crippen molar-refractivity contribution in [3.8, 4) is 44.9 Å². The first-order valence-electron chi connectivity index (χ1n) is 19.3. The predicted octanol–water partition coefficient (Wildman–Crippen LogP) is 12.8. The maximum absolute atomic E-state index is 5.19. The molecule has 0 bridgehead atoms. The maximum atomic E-state index is 5.19. The molecule has 58 heavy (non-hydrogen) atoms. The van der Waals surface area contributed by atoms with Gasteiger partial charge in [0.2, 0.25) is 0 Å². The minimum Gasteiger partial charge on any atom is -0.254 e. The van der Waals surface area contributed by atoms with E-state index in [0.29, 0.717) is 0 Å². The standard InChI is InChI=1S/C52H30N6/c1-2-8-39-38(7-1)40(18-19-41(39)48-22-12-33-10-9-31-5-3-26-53-49(31)51(33)58-48)46-23-15-36-29-34(13-20-44(36)56-46)35-14-21-45-37(30-35)16-24-47(57-45)42-25-28-55-52-43(42)17-11-32-6-4-27-54-50(32)52/h1-30H. The van der Waals surface area contributed by atoms with Crippen molar-refractivity contribution in [2.45, 2.75) is 0 Å². The second-order valence-electron chi connectivity index (χ2n) is 14.7. The van der Waals surface area contributed by atoms with Crippen LogP contribution in [0.2, 0.25) is 0 Å². The Bertz CT molecular complexity index is 3650. The first-order valence-corrected chi connectivity index (χ1v) is 19.3. The molecule has 0 aliphatic rings. The summed E-state index contributed by atoms with van der Waals surface area (Å²) in [5.74, 6) is 0. The fourth-order valence-corrected chi connectivity index (χ4v) is 8.51. The molecule has 0 aliphatic heterocycles. The van der Waals surface area contributed by atoms with Gasteiger partial charge in [0, 0.05) is 67.6 Å². The summed E-state index contributed by atoms with van der Waals surface area (Å²) < 4.78 is 0. The summed E-state index contributed by atoms with van der Waals surface area (Å²) >= 11 is 0. The van der Waals surface area contributed by atoms with Crippen molar-refractivity contribution < 1.29 is 0 Å². The highest BCUT2D eigenvalue weighted by molar-refractivity contribution is 6.09. The highest BCUT2D eigenvalue weighted by Crippen LogP contribution is 2.37. The summed E-state index contributed by atoms with van der Waals surface area (Å²) in [6.45, 7) is 0. The molecule has 0 spiro atoms. The van der Waals surface area contributed by atoms with Crippen molar-refractivity contribution in [3.63, 3.8) is 0 Å². The lowest BCUT2D eigenvalue weighted by atomic mass is 9.95. The lowest BCUT2D eigenvalue weighted by molar-refractivity contribution is 1.36. The molecule has 12 rings (SSSR count). The summed E-state index contributed by atoms with van der Waals surface area (Å²) in [5.41, 5.74) is 13.8. The molecule has 0 saturated heterocycles. The third-order valence-corrected chi connectivity index (χ3v) is 11.4. The first kappa shape index (κ1) is 32.3. The van der Waals surface area contributed by atoms with Gasteiger partial charge in [0.05, 0.1) is 50.2 Å². The molecule has 0 unspecified atom stereocenters. The van der Waals surface area contributed by atoms with Gasteiger partial charge in [0.25, 0.3) is 0 Å². The van der Waals surface area contributed by atoms with E-state index >= 15 is 0 Å². The van der Waals surface area contributed by atoms with Crippen LogP contribution in [0.3, 0.4) is 0 Å². The van der Waals surface area contributed by atoms with Gasteiger partial charge in [-0.1, -0.05) is 103 Å². The van der Waals surface area contributed by atoms with Crippen LogP contribution in [0.4, 0.5) is 0 Å². The third-order valence-electron chi connectivity index (χ3n) is 11.4. The van der Waals surface area contributed by atoms with Gasteiger partial charge in [-0.2, -0.15) is 0 Å². The fraction of sp³-hybridized carbons (Fsp3) is 0. The van der Waals surface area contributed by atoms with Gasteiger partial charge < -0.3 is 0 Å². The van der Waals surface area contributed by atoms with E-state index in [1.54, 1.807) is 0 Å². The van der Waals surface area contributed by atoms with Crippen LogP contribution in [-0.2, 0) is 0 Å². The Kier molecular flexibility index (Phi) is 7.13. The zero-order valence-electron chi connectivity index (χ0n) is 31.0. The Labute approximate surface area is 332 Å². The van der Waals surface area contributed by atoms with E-state index in [4.69, 9.17) is 15.0 Å². The molecule has 0 fully saturated rings. The Morgan fingerprint density at radius 1 is 0.276 bits per heavy atom. The molecule has 6 aromatic heterocycles. The molecule has 6 heteroatoms. The topological polar surface area (TPSA) is 77.3 Å². The van der Waals surface area contributed by atoms with Crippen LogP contribution in [0, 0.1) is 0 Å². The lowest BCUT2D eigenvalue weighted by Gasteiger charge is -2.13. The largest absolute Gasteiger partial charge is 0.254 e. The van der Waals surface area contributed by atoms with Crippen LogP contribution in [0.15, 0.2) is 182 Å². The number of hydrogen-bond acceptors (Lipinski definition) is 6. The van der Waals surface area contributed by atoms with Crippen LogP contribution in [0.1, 0.15) is 0 Å². The van der Waals surface area contributed by atoms with Crippen molar-refractivity contribution in [3.05, 3.63) is 182 Å². The Morgan fingerprint density at radius 3 is 1.38 bits per heavy atom. The number of rotatable bonds is 4. The van der Waals surface area contributed by atoms with Crippen molar-refractivity contribution in [2.24, 2.45) is 0 Å². The fourth-order valence-electron chi connectivity index (χ4n) is 8.51. The SMILES string of the molecule is c1cnc2c(c1)ccc1ccc(-c3ccc(-c4ccc5cc(-c6ccc7nc(-c8ccnc9c8ccc8cccnc89)ccc7c6)ccc5n4)c4ccccc34)nc12. The van der Waals surface area contributed by atoms with E-state index in [-0.39, 0.29) is 0 Å². The molecular weight excluding hydrogens is 709 g/mol. The van der Waals surface area contributed by atoms with Crippen LogP contribution >= 0.6 is 0 Å². The zero-order chi connectivity index (χ0) is 38.2. The van der Waals surface area contributed by atoms with Crippen LogP contribution < -0.4 is 0 Å². The van der Waals surface area contributed by atoms with Gasteiger partial charge in [-0.15, -0.1) is 0 Å². The van der Waals surface area contributed by atoms with Crippen molar-refractivity contribution >= 4 is 76.2 Å². The van der Waals surface area contributed by atoms with Crippen molar-refractivity contribution in [1.29, 1.82) is 0 Å². The van der Waals surface area contributed by atoms with Gasteiger partial charge in [0.15, 0.2) is 0 Å². The molecule has 0 radical (unpaired) electrons. The number of nitrogens with zero attached hydrogens (tertiary/aromatic N) is 6. The van der Waals surface area contributed by atoms with Crippen molar-refractivity contribution in [2.75, 3.05) is 0 Å². The highest BCUT2D eigenvalue weighted by Gasteiger charge is 2.15. The summed E-state index contributed by atoms with van der Waals surface area (Å²) in [5, 5.41) is 8.72. The number of benzene rings is 6. The monoisotopic (exact) mass is 738 g/mol. The van der Waals surface area contributed by atoms with E-state index < -0.39 is 0 Å². The smallest absolute Gasteiger partial charge is 0.0972 e. The van der Waals surface area contributed by atoms with E-state index in [1.165, 1.54) is 0 Å². The molecule has 0 N–H and O–H groups in total. The zero-order valence-corrected chi connectivity index (χ0v) is 31.0. The van der Waals surface area contributed by atoms with Gasteiger partial charge in [-0.05, 0) is 82.6 Å². The number of hydrogen-bond donors (Lipinski definition) is 0. The first-order chi connectivity index (χ1) is 28.7. The van der Waals surface area contributed by atoms with Crippen LogP contribution in [0.5, 0.6) is 0 Å². The molecule has 6 nitrogen and oxygen atoms in total. The molecule has 0 amide bonds. The van der Waals surface area contributed by atoms with Gasteiger partial charge in [0.1, 0.15) is 0 Å². The second kappa shape index (κ2) is 12.8. The second-order valence-corrected chi connectivity index (χ2v) is 14.7. The molecule has 6 aromatic carbocycles. The van der Waals surface area contributed by atoms with Gasteiger partial charge in [-0.3, -0.25) is 15.0 Å². The lowest BCUT2D eigenvalue weighted by Crippen LogP contribution is -1.92. The molecule has 0 aliphatic carbocycles. The van der Waals surface area contributed by atoms with E-state index in [2.05, 4.69) is 161 Å². The Balaban J connectivity index is 0.874. The third kappa shape index (κ3) is 5.20. The summed E-state index contributed by atoms with van der Waals surface area (Å²) in [4.78, 5) is 29.4. The summed E-state index contributed by atoms with van der Waals surface area (Å²) in [7, 11) is 0. The minimum atomic E-state index is 0.888. The molecule has 0 atom stereocenters. The molecule has 268 valence electrons. The van der Waals surface area contributed by atoms with Crippen LogP contribution in [-0.4, -0.2) is 29.9 Å². The number of aromatic nitrogens is 6. The molecule has 6 heterocycles. The quantitative estimate of drug-likeness (QED) is 0.167. The molecule has 12 aromatic rings. The minimum absolute atomic E-state index is 0.888. The summed E-state index contributed by atoms with van der Waals surface area (Å²) in [6.07, 6.45) is 5.50. The van der Waals surface area contributed by atoms with Gasteiger partial charge in [-0.25, -0.2) is 15.0 Å². The Morgan fingerprint density at radius 2 is 0.759 bits per heavy atom. The average molecular weight is 739 g/mol. The van der Waals surface area contributed by atoms with Crippen LogP contribution in [0.25, 0.3) is 121 Å². The normalized spacial score (nSPS) is 11.8. The average Bonchev–Trinajstić information content (AvgIpc) is 3.30. The Hall–Kier alpha value is -7.96. The van der Waals surface area contributed by atoms with Crippen molar-refractivity contribution in [1.82, 2.24) is 29.9 Å². The number of pyridine rings is 6. The maximum Gasteiger partial charge on any atom is 0.0972 e. The highest BCUT2D eigenvalue weighted by atomic mass is 14.8. The molecule has 0 saturated carbocycles. The summed E-state index contributed by atoms with van der Waals surface area (Å²) in [6, 6.07) is 57.3. The predicted molar refractivity (Wildman–Crippen MR) is 237 cm³/mol. The van der Waals surface area contributed by atoms with E-state index in [0.717, 1.165) is 121 Å². The van der Waals surface area contributed by atoms with E-state index in [1.807, 2.05) is 36.8 Å². The van der Waals surface area contributed by atoms with Gasteiger partial charge >= 0.3 is 0 Å². The number of fused-ring (bicyclic) bond motifs is 9.